The molecule has 1 aromatic carbocycles. The van der Waals surface area contributed by atoms with E-state index in [-0.39, 0.29) is 12.4 Å². The maximum absolute atomic E-state index is 13.0. The number of nitrogens with zero attached hydrogens (tertiary/aromatic N) is 2. The van der Waals surface area contributed by atoms with Crippen molar-refractivity contribution in [2.75, 3.05) is 32.8 Å². The van der Waals surface area contributed by atoms with Crippen molar-refractivity contribution >= 4 is 0 Å². The van der Waals surface area contributed by atoms with E-state index in [1.165, 1.54) is 17.7 Å². The Morgan fingerprint density at radius 3 is 2.68 bits per heavy atom. The Balaban J connectivity index is 1.97. The Hall–Kier alpha value is -1.23. The van der Waals surface area contributed by atoms with Crippen molar-refractivity contribution in [2.24, 2.45) is 0 Å². The molecule has 4 heteroatoms. The van der Waals surface area contributed by atoms with Gasteiger partial charge in [-0.15, -0.1) is 0 Å². The summed E-state index contributed by atoms with van der Waals surface area (Å²) in [5.74, 6) is -0.192. The quantitative estimate of drug-likeness (QED) is 0.819. The van der Waals surface area contributed by atoms with E-state index in [1.807, 2.05) is 12.1 Å². The van der Waals surface area contributed by atoms with Crippen LogP contribution in [0, 0.1) is 5.82 Å². The highest BCUT2D eigenvalue weighted by atomic mass is 19.1. The lowest BCUT2D eigenvalue weighted by atomic mass is 10.1. The first-order valence-electron chi connectivity index (χ1n) is 8.06. The zero-order chi connectivity index (χ0) is 15.9. The molecule has 1 aromatic rings. The lowest BCUT2D eigenvalue weighted by Crippen LogP contribution is -2.53. The Kier molecular flexibility index (Phi) is 6.55. The van der Waals surface area contributed by atoms with Crippen molar-refractivity contribution in [1.82, 2.24) is 9.80 Å². The summed E-state index contributed by atoms with van der Waals surface area (Å²) in [6.45, 7) is 9.27. The molecule has 0 amide bonds. The Bertz CT molecular complexity index is 486. The maximum atomic E-state index is 13.0. The van der Waals surface area contributed by atoms with Crippen molar-refractivity contribution in [2.45, 2.75) is 32.9 Å². The fourth-order valence-electron chi connectivity index (χ4n) is 3.00. The molecule has 2 rings (SSSR count). The summed E-state index contributed by atoms with van der Waals surface area (Å²) in [6, 6.07) is 7.08. The van der Waals surface area contributed by atoms with Crippen LogP contribution in [-0.2, 0) is 6.54 Å². The minimum Gasteiger partial charge on any atom is -0.396 e. The molecule has 22 heavy (non-hydrogen) atoms. The van der Waals surface area contributed by atoms with Gasteiger partial charge in [0.15, 0.2) is 0 Å². The summed E-state index contributed by atoms with van der Waals surface area (Å²) in [5.41, 5.74) is 2.51. The summed E-state index contributed by atoms with van der Waals surface area (Å²) in [6.07, 6.45) is 2.94. The van der Waals surface area contributed by atoms with Gasteiger partial charge in [0.25, 0.3) is 0 Å². The fraction of sp³-hybridized carbons (Fsp3) is 0.556. The van der Waals surface area contributed by atoms with E-state index in [4.69, 9.17) is 0 Å². The highest BCUT2D eigenvalue weighted by Crippen LogP contribution is 2.17. The van der Waals surface area contributed by atoms with Gasteiger partial charge in [0.1, 0.15) is 5.82 Å². The van der Waals surface area contributed by atoms with Crippen molar-refractivity contribution in [3.63, 3.8) is 0 Å². The Labute approximate surface area is 133 Å². The van der Waals surface area contributed by atoms with E-state index in [9.17, 15) is 9.50 Å². The maximum Gasteiger partial charge on any atom is 0.123 e. The van der Waals surface area contributed by atoms with E-state index in [2.05, 4.69) is 29.7 Å². The molecule has 1 atom stereocenters. The van der Waals surface area contributed by atoms with Crippen LogP contribution in [0.5, 0.6) is 0 Å². The SMILES string of the molecule is CC=C(C)CN1CCN(Cc2ccc(F)cc2)C(CCO)C1. The number of hydrogen-bond acceptors (Lipinski definition) is 3. The van der Waals surface area contributed by atoms with E-state index < -0.39 is 0 Å². The molecule has 1 heterocycles. The van der Waals surface area contributed by atoms with E-state index in [0.717, 1.165) is 44.7 Å². The van der Waals surface area contributed by atoms with Gasteiger partial charge in [-0.3, -0.25) is 9.80 Å². The summed E-state index contributed by atoms with van der Waals surface area (Å²) >= 11 is 0. The Morgan fingerprint density at radius 1 is 1.32 bits per heavy atom. The van der Waals surface area contributed by atoms with Gasteiger partial charge in [0, 0.05) is 45.4 Å². The summed E-state index contributed by atoms with van der Waals surface area (Å²) in [7, 11) is 0. The predicted octanol–water partition coefficient (Wildman–Crippen LogP) is 2.66. The van der Waals surface area contributed by atoms with Gasteiger partial charge >= 0.3 is 0 Å². The third-order valence-corrected chi connectivity index (χ3v) is 4.42. The number of rotatable bonds is 6. The predicted molar refractivity (Wildman–Crippen MR) is 88.2 cm³/mol. The second-order valence-corrected chi connectivity index (χ2v) is 6.13. The second kappa shape index (κ2) is 8.42. The van der Waals surface area contributed by atoms with Crippen LogP contribution in [0.25, 0.3) is 0 Å². The average molecular weight is 306 g/mol. The standard InChI is InChI=1S/C18H27FN2O/c1-3-15(2)12-20-9-10-21(18(14-20)8-11-22)13-16-4-6-17(19)7-5-16/h3-7,18,22H,8-14H2,1-2H3. The van der Waals surface area contributed by atoms with Crippen LogP contribution in [0.4, 0.5) is 4.39 Å². The summed E-state index contributed by atoms with van der Waals surface area (Å²) < 4.78 is 13.0. The second-order valence-electron chi connectivity index (χ2n) is 6.13. The molecule has 1 aliphatic rings. The number of benzene rings is 1. The zero-order valence-electron chi connectivity index (χ0n) is 13.6. The fourth-order valence-corrected chi connectivity index (χ4v) is 3.00. The van der Waals surface area contributed by atoms with Crippen molar-refractivity contribution in [3.05, 3.63) is 47.3 Å². The van der Waals surface area contributed by atoms with Gasteiger partial charge in [0.05, 0.1) is 0 Å². The smallest absolute Gasteiger partial charge is 0.123 e. The third kappa shape index (κ3) is 4.90. The highest BCUT2D eigenvalue weighted by molar-refractivity contribution is 5.16. The van der Waals surface area contributed by atoms with Crippen LogP contribution in [0.1, 0.15) is 25.8 Å². The van der Waals surface area contributed by atoms with Gasteiger partial charge in [-0.1, -0.05) is 23.8 Å². The molecule has 0 radical (unpaired) electrons. The molecule has 1 saturated heterocycles. The van der Waals surface area contributed by atoms with E-state index in [0.29, 0.717) is 6.04 Å². The number of allylic oxidation sites excluding steroid dienone is 1. The molecule has 1 unspecified atom stereocenters. The topological polar surface area (TPSA) is 26.7 Å². The normalized spacial score (nSPS) is 21.3. The third-order valence-electron chi connectivity index (χ3n) is 4.42. The molecule has 0 aromatic heterocycles. The summed E-state index contributed by atoms with van der Waals surface area (Å²) in [5, 5.41) is 9.35. The van der Waals surface area contributed by atoms with Crippen molar-refractivity contribution in [3.8, 4) is 0 Å². The first-order valence-corrected chi connectivity index (χ1v) is 8.06. The number of hydrogen-bond donors (Lipinski definition) is 1. The van der Waals surface area contributed by atoms with Crippen LogP contribution < -0.4 is 0 Å². The van der Waals surface area contributed by atoms with Gasteiger partial charge in [-0.05, 0) is 38.0 Å². The van der Waals surface area contributed by atoms with Gasteiger partial charge in [-0.2, -0.15) is 0 Å². The lowest BCUT2D eigenvalue weighted by Gasteiger charge is -2.41. The van der Waals surface area contributed by atoms with Crippen LogP contribution in [-0.4, -0.2) is 53.7 Å². The monoisotopic (exact) mass is 306 g/mol. The average Bonchev–Trinajstić information content (AvgIpc) is 2.52. The summed E-state index contributed by atoms with van der Waals surface area (Å²) in [4.78, 5) is 4.86. The molecule has 0 bridgehead atoms. The van der Waals surface area contributed by atoms with Gasteiger partial charge < -0.3 is 5.11 Å². The first-order chi connectivity index (χ1) is 10.6. The van der Waals surface area contributed by atoms with Crippen LogP contribution in [0.3, 0.4) is 0 Å². The molecular weight excluding hydrogens is 279 g/mol. The molecule has 1 fully saturated rings. The van der Waals surface area contributed by atoms with E-state index in [1.54, 1.807) is 0 Å². The largest absolute Gasteiger partial charge is 0.396 e. The van der Waals surface area contributed by atoms with Gasteiger partial charge in [0.2, 0.25) is 0 Å². The lowest BCUT2D eigenvalue weighted by molar-refractivity contribution is 0.0584. The molecule has 0 spiro atoms. The molecule has 122 valence electrons. The molecule has 0 saturated carbocycles. The minimum atomic E-state index is -0.192. The van der Waals surface area contributed by atoms with Crippen molar-refractivity contribution in [1.29, 1.82) is 0 Å². The molecule has 1 N–H and O–H groups in total. The first kappa shape index (κ1) is 17.1. The van der Waals surface area contributed by atoms with E-state index >= 15 is 0 Å². The number of aliphatic hydroxyl groups excluding tert-OH is 1. The van der Waals surface area contributed by atoms with Crippen LogP contribution in [0.15, 0.2) is 35.9 Å². The van der Waals surface area contributed by atoms with Crippen LogP contribution >= 0.6 is 0 Å². The molecule has 3 nitrogen and oxygen atoms in total. The van der Waals surface area contributed by atoms with Crippen LogP contribution in [0.2, 0.25) is 0 Å². The molecule has 1 aliphatic heterocycles. The number of aliphatic hydroxyl groups is 1. The zero-order valence-corrected chi connectivity index (χ0v) is 13.6. The Morgan fingerprint density at radius 2 is 2.05 bits per heavy atom. The van der Waals surface area contributed by atoms with Crippen molar-refractivity contribution < 1.29 is 9.50 Å². The molecular formula is C18H27FN2O. The highest BCUT2D eigenvalue weighted by Gasteiger charge is 2.26. The number of piperazine rings is 1. The number of halogens is 1. The molecule has 0 aliphatic carbocycles. The van der Waals surface area contributed by atoms with Gasteiger partial charge in [-0.25, -0.2) is 4.39 Å². The minimum absolute atomic E-state index is 0.192.